The molecule has 61 heavy (non-hydrogen) atoms. The highest BCUT2D eigenvalue weighted by Gasteiger charge is 2.23. The van der Waals surface area contributed by atoms with Crippen LogP contribution in [-0.2, 0) is 14.3 Å². The van der Waals surface area contributed by atoms with Crippen LogP contribution in [0.15, 0.2) is 85.1 Å². The third kappa shape index (κ3) is 43.5. The van der Waals surface area contributed by atoms with E-state index in [9.17, 15) is 19.8 Å². The van der Waals surface area contributed by atoms with Crippen molar-refractivity contribution in [2.45, 2.75) is 244 Å². The number of unbranched alkanes of at least 4 members (excludes halogenated alkanes) is 20. The maximum absolute atomic E-state index is 13.2. The molecule has 0 spiro atoms. The van der Waals surface area contributed by atoms with Gasteiger partial charge >= 0.3 is 5.97 Å². The lowest BCUT2D eigenvalue weighted by molar-refractivity contribution is -0.148. The van der Waals surface area contributed by atoms with Crippen LogP contribution in [0.3, 0.4) is 0 Å². The second kappa shape index (κ2) is 48.1. The zero-order valence-electron chi connectivity index (χ0n) is 39.8. The Balaban J connectivity index is 4.82. The molecule has 0 aromatic heterocycles. The molecule has 0 bridgehead atoms. The van der Waals surface area contributed by atoms with E-state index in [0.717, 1.165) is 83.5 Å². The zero-order chi connectivity index (χ0) is 44.5. The van der Waals surface area contributed by atoms with Crippen LogP contribution < -0.4 is 5.32 Å². The van der Waals surface area contributed by atoms with Gasteiger partial charge in [-0.3, -0.25) is 9.59 Å². The Morgan fingerprint density at radius 3 is 1.38 bits per heavy atom. The number of carbonyl (C=O) groups is 2. The van der Waals surface area contributed by atoms with E-state index in [1.807, 2.05) is 6.08 Å². The normalized spacial score (nSPS) is 14.0. The molecule has 0 aromatic carbocycles. The fourth-order valence-corrected chi connectivity index (χ4v) is 7.13. The van der Waals surface area contributed by atoms with E-state index in [-0.39, 0.29) is 24.9 Å². The highest BCUT2D eigenvalue weighted by Crippen LogP contribution is 2.15. The molecule has 0 aliphatic heterocycles. The van der Waals surface area contributed by atoms with Gasteiger partial charge < -0.3 is 20.3 Å². The van der Waals surface area contributed by atoms with Gasteiger partial charge in [0.1, 0.15) is 6.10 Å². The van der Waals surface area contributed by atoms with Crippen molar-refractivity contribution in [1.82, 2.24) is 5.32 Å². The first kappa shape index (κ1) is 58.0. The van der Waals surface area contributed by atoms with Crippen LogP contribution in [0.5, 0.6) is 0 Å². The standard InChI is InChI=1S/C55H95NO5/c1-4-7-10-13-16-19-22-25-26-27-28-30-31-34-37-40-43-46-51(61-55(60)48-45-42-39-36-33-29-23-20-17-14-11-8-5-2)49-54(59)56-52(50-57)53(58)47-44-41-38-35-32-24-21-18-15-12-9-6-3/h7,10,16,19,25-26,28-30,33-34,37,43,46,51-53,57-58H,4-6,8-9,11-15,17-18,20-24,27,31-32,35-36,38-42,44-45,47-50H2,1-3H3,(H,56,59)/b10-7-,19-16-,26-25-,30-28-,33-29-,37-34-,46-43-. The number of amides is 1. The molecule has 350 valence electrons. The summed E-state index contributed by atoms with van der Waals surface area (Å²) in [4.78, 5) is 26.0. The average Bonchev–Trinajstić information content (AvgIpc) is 3.25. The number of aliphatic hydroxyl groups excluding tert-OH is 2. The van der Waals surface area contributed by atoms with E-state index in [1.165, 1.54) is 96.3 Å². The van der Waals surface area contributed by atoms with Crippen molar-refractivity contribution >= 4 is 11.9 Å². The summed E-state index contributed by atoms with van der Waals surface area (Å²) in [5.74, 6) is -0.653. The van der Waals surface area contributed by atoms with Crippen molar-refractivity contribution in [1.29, 1.82) is 0 Å². The number of allylic oxidation sites excluding steroid dienone is 13. The highest BCUT2D eigenvalue weighted by atomic mass is 16.5. The summed E-state index contributed by atoms with van der Waals surface area (Å²) in [6.07, 6.45) is 62.4. The molecule has 6 heteroatoms. The van der Waals surface area contributed by atoms with Crippen molar-refractivity contribution in [3.05, 3.63) is 85.1 Å². The first-order chi connectivity index (χ1) is 30.0. The van der Waals surface area contributed by atoms with Gasteiger partial charge in [-0.1, -0.05) is 215 Å². The average molecular weight is 850 g/mol. The molecule has 0 aliphatic carbocycles. The minimum atomic E-state index is -0.825. The predicted molar refractivity (Wildman–Crippen MR) is 264 cm³/mol. The van der Waals surface area contributed by atoms with Crippen LogP contribution in [-0.4, -0.2) is 46.9 Å². The second-order valence-corrected chi connectivity index (χ2v) is 16.8. The fraction of sp³-hybridized carbons (Fsp3) is 0.709. The third-order valence-electron chi connectivity index (χ3n) is 11.0. The predicted octanol–water partition coefficient (Wildman–Crippen LogP) is 15.2. The van der Waals surface area contributed by atoms with Gasteiger partial charge in [0.05, 0.1) is 25.2 Å². The van der Waals surface area contributed by atoms with Crippen molar-refractivity contribution < 1.29 is 24.5 Å². The molecule has 0 aliphatic rings. The topological polar surface area (TPSA) is 95.9 Å². The lowest BCUT2D eigenvalue weighted by Crippen LogP contribution is -2.46. The Hall–Kier alpha value is -2.96. The molecule has 0 radical (unpaired) electrons. The Labute approximate surface area is 376 Å². The maximum Gasteiger partial charge on any atom is 0.306 e. The molecule has 0 saturated heterocycles. The van der Waals surface area contributed by atoms with Crippen molar-refractivity contribution in [3.63, 3.8) is 0 Å². The van der Waals surface area contributed by atoms with Crippen molar-refractivity contribution in [2.24, 2.45) is 0 Å². The molecule has 3 N–H and O–H groups in total. The zero-order valence-corrected chi connectivity index (χ0v) is 39.8. The van der Waals surface area contributed by atoms with Gasteiger partial charge in [0.15, 0.2) is 0 Å². The van der Waals surface area contributed by atoms with Crippen molar-refractivity contribution in [2.75, 3.05) is 6.61 Å². The van der Waals surface area contributed by atoms with Crippen LogP contribution in [0.25, 0.3) is 0 Å². The summed E-state index contributed by atoms with van der Waals surface area (Å²) in [5.41, 5.74) is 0. The van der Waals surface area contributed by atoms with E-state index in [4.69, 9.17) is 4.74 Å². The van der Waals surface area contributed by atoms with Crippen LogP contribution in [0.4, 0.5) is 0 Å². The van der Waals surface area contributed by atoms with Gasteiger partial charge in [-0.05, 0) is 83.1 Å². The van der Waals surface area contributed by atoms with E-state index < -0.39 is 18.2 Å². The molecule has 0 heterocycles. The lowest BCUT2D eigenvalue weighted by atomic mass is 10.0. The Kier molecular flexibility index (Phi) is 45.7. The number of esters is 1. The SMILES string of the molecule is CC/C=C\C/C=C\C/C=C\C/C=C\C/C=C\C/C=C\C(CC(=O)NC(CO)C(O)CCCCCCCCCCCCCC)OC(=O)CCCCC/C=C\CCCCCCCC. The lowest BCUT2D eigenvalue weighted by Gasteiger charge is -2.23. The molecule has 3 atom stereocenters. The summed E-state index contributed by atoms with van der Waals surface area (Å²) >= 11 is 0. The Morgan fingerprint density at radius 2 is 0.918 bits per heavy atom. The van der Waals surface area contributed by atoms with Gasteiger partial charge in [-0.25, -0.2) is 0 Å². The van der Waals surface area contributed by atoms with E-state index in [1.54, 1.807) is 6.08 Å². The smallest absolute Gasteiger partial charge is 0.306 e. The number of hydrogen-bond donors (Lipinski definition) is 3. The van der Waals surface area contributed by atoms with E-state index in [0.29, 0.717) is 19.3 Å². The number of ether oxygens (including phenoxy) is 1. The minimum Gasteiger partial charge on any atom is -0.458 e. The molecular formula is C55H95NO5. The molecule has 0 aromatic rings. The first-order valence-electron chi connectivity index (χ1n) is 25.3. The number of rotatable bonds is 44. The number of aliphatic hydroxyl groups is 2. The quantitative estimate of drug-likeness (QED) is 0.0322. The number of hydrogen-bond acceptors (Lipinski definition) is 5. The fourth-order valence-electron chi connectivity index (χ4n) is 7.13. The van der Waals surface area contributed by atoms with Gasteiger partial charge in [-0.15, -0.1) is 0 Å². The second-order valence-electron chi connectivity index (χ2n) is 16.8. The third-order valence-corrected chi connectivity index (χ3v) is 11.0. The van der Waals surface area contributed by atoms with Crippen molar-refractivity contribution in [3.8, 4) is 0 Å². The monoisotopic (exact) mass is 850 g/mol. The van der Waals surface area contributed by atoms with E-state index >= 15 is 0 Å². The van der Waals surface area contributed by atoms with Crippen LogP contribution in [0.2, 0.25) is 0 Å². The molecule has 3 unspecified atom stereocenters. The highest BCUT2D eigenvalue weighted by molar-refractivity contribution is 5.78. The van der Waals surface area contributed by atoms with E-state index in [2.05, 4.69) is 99.0 Å². The van der Waals surface area contributed by atoms with Gasteiger partial charge in [0.2, 0.25) is 5.91 Å². The van der Waals surface area contributed by atoms with Crippen LogP contribution in [0.1, 0.15) is 226 Å². The molecule has 0 saturated carbocycles. The Bertz CT molecular complexity index is 1180. The minimum absolute atomic E-state index is 0.0564. The summed E-state index contributed by atoms with van der Waals surface area (Å²) < 4.78 is 5.81. The van der Waals surface area contributed by atoms with Crippen LogP contribution in [0, 0.1) is 0 Å². The summed E-state index contributed by atoms with van der Waals surface area (Å²) in [7, 11) is 0. The number of nitrogens with one attached hydrogen (secondary N) is 1. The first-order valence-corrected chi connectivity index (χ1v) is 25.3. The largest absolute Gasteiger partial charge is 0.458 e. The molecule has 1 amide bonds. The maximum atomic E-state index is 13.2. The molecular weight excluding hydrogens is 755 g/mol. The van der Waals surface area contributed by atoms with Gasteiger partial charge in [-0.2, -0.15) is 0 Å². The summed E-state index contributed by atoms with van der Waals surface area (Å²) in [5, 5.41) is 23.7. The summed E-state index contributed by atoms with van der Waals surface area (Å²) in [6.45, 7) is 6.31. The summed E-state index contributed by atoms with van der Waals surface area (Å²) in [6, 6.07) is -0.748. The number of carbonyl (C=O) groups excluding carboxylic acids is 2. The van der Waals surface area contributed by atoms with Gasteiger partial charge in [0, 0.05) is 6.42 Å². The van der Waals surface area contributed by atoms with Gasteiger partial charge in [0.25, 0.3) is 0 Å². The Morgan fingerprint density at radius 1 is 0.508 bits per heavy atom. The van der Waals surface area contributed by atoms with Crippen LogP contribution >= 0.6 is 0 Å². The molecule has 0 fully saturated rings. The molecule has 0 rings (SSSR count). The molecule has 6 nitrogen and oxygen atoms in total.